The minimum Gasteiger partial charge on any atom is -0.292 e. The van der Waals surface area contributed by atoms with Crippen LogP contribution in [-0.4, -0.2) is 19.1 Å². The van der Waals surface area contributed by atoms with Crippen LogP contribution in [0.5, 0.6) is 0 Å². The smallest absolute Gasteiger partial charge is 0.145 e. The van der Waals surface area contributed by atoms with Crippen molar-refractivity contribution in [1.82, 2.24) is 19.1 Å². The second kappa shape index (κ2) is 20.9. The van der Waals surface area contributed by atoms with Gasteiger partial charge in [0, 0.05) is 22.5 Å². The van der Waals surface area contributed by atoms with E-state index >= 15 is 0 Å². The van der Waals surface area contributed by atoms with Crippen LogP contribution in [0.15, 0.2) is 328 Å². The van der Waals surface area contributed by atoms with Crippen LogP contribution in [-0.2, 0) is 0 Å². The average molecular weight is 1140 g/mol. The summed E-state index contributed by atoms with van der Waals surface area (Å²) < 4.78 is 4.60. The topological polar surface area (TPSA) is 35.6 Å². The molecule has 0 unspecified atom stereocenters. The van der Waals surface area contributed by atoms with E-state index in [9.17, 15) is 0 Å². The van der Waals surface area contributed by atoms with Crippen LogP contribution in [0.25, 0.3) is 176 Å². The van der Waals surface area contributed by atoms with E-state index in [1.807, 2.05) is 0 Å². The van der Waals surface area contributed by atoms with Crippen molar-refractivity contribution in [1.29, 1.82) is 0 Å². The van der Waals surface area contributed by atoms with Gasteiger partial charge in [-0.15, -0.1) is 0 Å². The van der Waals surface area contributed by atoms with Crippen molar-refractivity contribution in [3.8, 4) is 89.8 Å². The number of rotatable bonds is 9. The van der Waals surface area contributed by atoms with Crippen LogP contribution in [0.4, 0.5) is 0 Å². The molecule has 0 amide bonds. The maximum atomic E-state index is 5.41. The summed E-state index contributed by atoms with van der Waals surface area (Å²) in [5.41, 5.74) is 20.3. The molecule has 0 atom stereocenters. The molecule has 0 aliphatic carbocycles. The zero-order chi connectivity index (χ0) is 59.2. The standard InChI is InChI=1S/C86H54N4/c1-3-20-58(21-4-1)85-87-77-33-17-18-34-79(77)89(85)68-48-45-57(46-49-68)82-71-27-11-15-31-75(71)84(76-32-16-12-28-72(76)82)66-44-42-61-51-62(40-41-63(61)53-66)64-47-50-78-80(54-64)90(67-23-5-2-6-24-67)86(88-78)59-38-36-56(37-39-59)81-69-25-9-13-29-73(69)83(74-30-14-10-26-70(74)81)65-43-35-55-19-7-8-22-60(55)52-65/h1-54H. The van der Waals surface area contributed by atoms with Crippen molar-refractivity contribution >= 4 is 86.7 Å². The molecule has 0 bridgehead atoms. The SMILES string of the molecule is c1ccc(-c2nc3ccccc3n2-c2ccc(-c3c4ccccc4c(-c4ccc5cc(-c6ccc7nc(-c8ccc(-c9c%10ccccc%10c(-c%10ccc%11ccccc%11c%10)c%10ccccc9%10)cc8)n(-c8ccccc8)c7c6)ccc5c4)c4ccccc34)cc2)cc1. The highest BCUT2D eigenvalue weighted by atomic mass is 15.1. The third-order valence-electron chi connectivity index (χ3n) is 18.5. The van der Waals surface area contributed by atoms with Crippen molar-refractivity contribution in [3.63, 3.8) is 0 Å². The van der Waals surface area contributed by atoms with E-state index in [2.05, 4.69) is 337 Å². The van der Waals surface area contributed by atoms with E-state index in [-0.39, 0.29) is 0 Å². The fourth-order valence-electron chi connectivity index (χ4n) is 14.3. The van der Waals surface area contributed by atoms with Crippen LogP contribution in [0.2, 0.25) is 0 Å². The monoisotopic (exact) mass is 1140 g/mol. The van der Waals surface area contributed by atoms with Crippen LogP contribution in [0, 0.1) is 0 Å². The van der Waals surface area contributed by atoms with Gasteiger partial charge in [0.2, 0.25) is 0 Å². The third-order valence-corrected chi connectivity index (χ3v) is 18.5. The van der Waals surface area contributed by atoms with Crippen LogP contribution < -0.4 is 0 Å². The summed E-state index contributed by atoms with van der Waals surface area (Å²) in [6, 6.07) is 119. The Kier molecular flexibility index (Phi) is 11.9. The molecule has 0 aliphatic heterocycles. The maximum absolute atomic E-state index is 5.41. The minimum absolute atomic E-state index is 0.898. The predicted molar refractivity (Wildman–Crippen MR) is 379 cm³/mol. The van der Waals surface area contributed by atoms with Gasteiger partial charge in [-0.05, 0) is 187 Å². The lowest BCUT2D eigenvalue weighted by atomic mass is 9.85. The normalized spacial score (nSPS) is 11.8. The molecule has 0 radical (unpaired) electrons. The number of benzene rings is 16. The Balaban J connectivity index is 0.696. The molecular weight excluding hydrogens is 1090 g/mol. The summed E-state index contributed by atoms with van der Waals surface area (Å²) in [6.07, 6.45) is 0. The zero-order valence-corrected chi connectivity index (χ0v) is 49.0. The maximum Gasteiger partial charge on any atom is 0.145 e. The minimum atomic E-state index is 0.898. The molecule has 0 aliphatic rings. The summed E-state index contributed by atoms with van der Waals surface area (Å²) in [4.78, 5) is 10.5. The molecule has 18 aromatic rings. The van der Waals surface area contributed by atoms with Gasteiger partial charge in [-0.3, -0.25) is 9.13 Å². The first-order valence-electron chi connectivity index (χ1n) is 30.9. The Morgan fingerprint density at radius 3 is 1.06 bits per heavy atom. The lowest BCUT2D eigenvalue weighted by molar-refractivity contribution is 1.10. The zero-order valence-electron chi connectivity index (χ0n) is 49.0. The molecule has 0 spiro atoms. The van der Waals surface area contributed by atoms with Gasteiger partial charge in [0.05, 0.1) is 22.1 Å². The van der Waals surface area contributed by atoms with E-state index < -0.39 is 0 Å². The Morgan fingerprint density at radius 1 is 0.189 bits per heavy atom. The first kappa shape index (κ1) is 51.3. The summed E-state index contributed by atoms with van der Waals surface area (Å²) in [5, 5.41) is 14.7. The fourth-order valence-corrected chi connectivity index (χ4v) is 14.3. The molecule has 18 rings (SSSR count). The number of fused-ring (bicyclic) bond motifs is 8. The van der Waals surface area contributed by atoms with Crippen molar-refractivity contribution in [2.24, 2.45) is 0 Å². The van der Waals surface area contributed by atoms with Crippen molar-refractivity contribution in [3.05, 3.63) is 328 Å². The van der Waals surface area contributed by atoms with E-state index in [0.717, 1.165) is 67.3 Å². The highest BCUT2D eigenvalue weighted by molar-refractivity contribution is 6.23. The molecular formula is C86H54N4. The largest absolute Gasteiger partial charge is 0.292 e. The summed E-state index contributed by atoms with van der Waals surface area (Å²) >= 11 is 0. The number of aromatic nitrogens is 4. The molecule has 4 nitrogen and oxygen atoms in total. The quantitative estimate of drug-likeness (QED) is 0.135. The van der Waals surface area contributed by atoms with Crippen LogP contribution in [0.3, 0.4) is 0 Å². The second-order valence-electron chi connectivity index (χ2n) is 23.6. The van der Waals surface area contributed by atoms with E-state index in [4.69, 9.17) is 9.97 Å². The first-order chi connectivity index (χ1) is 44.6. The lowest BCUT2D eigenvalue weighted by Crippen LogP contribution is -1.98. The molecule has 0 saturated heterocycles. The Bertz CT molecular complexity index is 5760. The van der Waals surface area contributed by atoms with E-state index in [1.54, 1.807) is 0 Å². The number of imidazole rings is 2. The lowest BCUT2D eigenvalue weighted by Gasteiger charge is -2.18. The number of nitrogens with zero attached hydrogens (tertiary/aromatic N) is 4. The Morgan fingerprint density at radius 2 is 0.511 bits per heavy atom. The second-order valence-corrected chi connectivity index (χ2v) is 23.6. The van der Waals surface area contributed by atoms with Gasteiger partial charge in [-0.1, -0.05) is 261 Å². The number of hydrogen-bond acceptors (Lipinski definition) is 2. The first-order valence-corrected chi connectivity index (χ1v) is 30.9. The van der Waals surface area contributed by atoms with Crippen molar-refractivity contribution in [2.45, 2.75) is 0 Å². The number of para-hydroxylation sites is 3. The number of hydrogen-bond donors (Lipinski definition) is 0. The van der Waals surface area contributed by atoms with Gasteiger partial charge in [0.1, 0.15) is 11.6 Å². The van der Waals surface area contributed by atoms with Crippen LogP contribution >= 0.6 is 0 Å². The molecule has 4 heteroatoms. The summed E-state index contributed by atoms with van der Waals surface area (Å²) in [5.74, 6) is 1.83. The van der Waals surface area contributed by atoms with Gasteiger partial charge >= 0.3 is 0 Å². The van der Waals surface area contributed by atoms with Crippen molar-refractivity contribution in [2.75, 3.05) is 0 Å². The third kappa shape index (κ3) is 8.38. The molecule has 2 heterocycles. The molecule has 90 heavy (non-hydrogen) atoms. The molecule has 16 aromatic carbocycles. The molecule has 0 fully saturated rings. The van der Waals surface area contributed by atoms with Crippen molar-refractivity contribution < 1.29 is 0 Å². The Labute approximate surface area is 520 Å². The fraction of sp³-hybridized carbons (Fsp3) is 0. The highest BCUT2D eigenvalue weighted by Crippen LogP contribution is 2.47. The average Bonchev–Trinajstić information content (AvgIpc) is 1.02. The summed E-state index contributed by atoms with van der Waals surface area (Å²) in [6.45, 7) is 0. The molecule has 2 aromatic heterocycles. The molecule has 0 saturated carbocycles. The molecule has 418 valence electrons. The van der Waals surface area contributed by atoms with Gasteiger partial charge < -0.3 is 0 Å². The van der Waals surface area contributed by atoms with Gasteiger partial charge in [0.25, 0.3) is 0 Å². The predicted octanol–water partition coefficient (Wildman–Crippen LogP) is 23.0. The van der Waals surface area contributed by atoms with Gasteiger partial charge in [-0.2, -0.15) is 0 Å². The van der Waals surface area contributed by atoms with Gasteiger partial charge in [-0.25, -0.2) is 9.97 Å². The van der Waals surface area contributed by atoms with Crippen LogP contribution in [0.1, 0.15) is 0 Å². The van der Waals surface area contributed by atoms with E-state index in [1.165, 1.54) is 109 Å². The molecule has 0 N–H and O–H groups in total. The highest BCUT2D eigenvalue weighted by Gasteiger charge is 2.22. The Hall–Kier alpha value is -12.0. The summed E-state index contributed by atoms with van der Waals surface area (Å²) in [7, 11) is 0. The van der Waals surface area contributed by atoms with Gasteiger partial charge in [0.15, 0.2) is 0 Å². The van der Waals surface area contributed by atoms with E-state index in [0.29, 0.717) is 0 Å².